The van der Waals surface area contributed by atoms with Crippen LogP contribution in [-0.2, 0) is 7.05 Å². The Balaban J connectivity index is 2.97. The molecule has 1 aromatic rings. The third kappa shape index (κ3) is 1.48. The topological polar surface area (TPSA) is 60.1 Å². The number of aromatic nitrogens is 2. The summed E-state index contributed by atoms with van der Waals surface area (Å²) in [6.45, 7) is 1.87. The van der Waals surface area contributed by atoms with Crippen LogP contribution in [0.2, 0.25) is 0 Å². The van der Waals surface area contributed by atoms with Crippen LogP contribution >= 0.6 is 0 Å². The fourth-order valence-corrected chi connectivity index (χ4v) is 0.663. The summed E-state index contributed by atoms with van der Waals surface area (Å²) in [5, 5.41) is 6.77. The van der Waals surface area contributed by atoms with Gasteiger partial charge in [-0.3, -0.25) is 0 Å². The van der Waals surface area contributed by atoms with E-state index in [0.29, 0.717) is 5.89 Å². The predicted molar refractivity (Wildman–Crippen MR) is 39.2 cm³/mol. The van der Waals surface area contributed by atoms with Gasteiger partial charge in [-0.2, -0.15) is 4.68 Å². The van der Waals surface area contributed by atoms with Gasteiger partial charge in [-0.05, 0) is 14.0 Å². The Morgan fingerprint density at radius 1 is 1.73 bits per heavy atom. The van der Waals surface area contributed by atoms with Crippen molar-refractivity contribution in [3.63, 3.8) is 0 Å². The molecule has 1 rings (SSSR count). The molecule has 0 aromatic carbocycles. The van der Waals surface area contributed by atoms with Gasteiger partial charge in [-0.15, -0.1) is 5.10 Å². The van der Waals surface area contributed by atoms with Crippen LogP contribution in [-0.4, -0.2) is 16.8 Å². The average Bonchev–Trinajstić information content (AvgIpc) is 2.31. The molecule has 0 aliphatic carbocycles. The van der Waals surface area contributed by atoms with Crippen LogP contribution in [0.15, 0.2) is 9.21 Å². The van der Waals surface area contributed by atoms with Gasteiger partial charge in [0, 0.05) is 7.05 Å². The van der Waals surface area contributed by atoms with Gasteiger partial charge in [0.1, 0.15) is 0 Å². The molecule has 0 aliphatic heterocycles. The van der Waals surface area contributed by atoms with E-state index < -0.39 is 5.76 Å². The van der Waals surface area contributed by atoms with E-state index in [9.17, 15) is 4.79 Å². The van der Waals surface area contributed by atoms with Crippen molar-refractivity contribution in [2.75, 3.05) is 7.05 Å². The van der Waals surface area contributed by atoms with Gasteiger partial charge < -0.3 is 9.73 Å². The Bertz CT molecular complexity index is 288. The first-order valence-corrected chi connectivity index (χ1v) is 3.36. The third-order valence-electron chi connectivity index (χ3n) is 1.51. The number of rotatable bonds is 2. The summed E-state index contributed by atoms with van der Waals surface area (Å²) in [4.78, 5) is 10.8. The van der Waals surface area contributed by atoms with E-state index >= 15 is 0 Å². The second kappa shape index (κ2) is 2.87. The van der Waals surface area contributed by atoms with Crippen LogP contribution in [0, 0.1) is 0 Å². The van der Waals surface area contributed by atoms with E-state index in [2.05, 4.69) is 10.4 Å². The zero-order valence-electron chi connectivity index (χ0n) is 6.79. The first kappa shape index (κ1) is 8.00. The minimum absolute atomic E-state index is 0.0242. The molecule has 0 aliphatic rings. The van der Waals surface area contributed by atoms with E-state index in [1.165, 1.54) is 4.68 Å². The molecule has 11 heavy (non-hydrogen) atoms. The largest absolute Gasteiger partial charge is 0.436 e. The first-order chi connectivity index (χ1) is 5.15. The molecule has 0 spiro atoms. The third-order valence-corrected chi connectivity index (χ3v) is 1.51. The molecule has 0 radical (unpaired) electrons. The summed E-state index contributed by atoms with van der Waals surface area (Å²) in [6.07, 6.45) is 0. The Morgan fingerprint density at radius 3 is 2.73 bits per heavy atom. The van der Waals surface area contributed by atoms with Gasteiger partial charge in [-0.1, -0.05) is 0 Å². The zero-order chi connectivity index (χ0) is 8.43. The smallest absolute Gasteiger partial charge is 0.391 e. The summed E-state index contributed by atoms with van der Waals surface area (Å²) in [7, 11) is 3.33. The molecule has 1 heterocycles. The highest BCUT2D eigenvalue weighted by Gasteiger charge is 2.10. The van der Waals surface area contributed by atoms with Crippen molar-refractivity contribution in [1.29, 1.82) is 0 Å². The first-order valence-electron chi connectivity index (χ1n) is 3.36. The van der Waals surface area contributed by atoms with Gasteiger partial charge in [0.25, 0.3) is 0 Å². The molecule has 1 aromatic heterocycles. The summed E-state index contributed by atoms with van der Waals surface area (Å²) >= 11 is 0. The highest BCUT2D eigenvalue weighted by atomic mass is 16.4. The van der Waals surface area contributed by atoms with Gasteiger partial charge in [-0.25, -0.2) is 4.79 Å². The van der Waals surface area contributed by atoms with E-state index in [4.69, 9.17) is 4.42 Å². The van der Waals surface area contributed by atoms with Crippen LogP contribution in [0.1, 0.15) is 18.9 Å². The Labute approximate surface area is 64.0 Å². The Kier molecular flexibility index (Phi) is 2.09. The summed E-state index contributed by atoms with van der Waals surface area (Å²) < 4.78 is 5.97. The normalized spacial score (nSPS) is 13.4. The number of nitrogens with one attached hydrogen (secondary N) is 1. The van der Waals surface area contributed by atoms with E-state index in [0.717, 1.165) is 0 Å². The van der Waals surface area contributed by atoms with Crippen molar-refractivity contribution in [3.8, 4) is 0 Å². The molecule has 62 valence electrons. The Hall–Kier alpha value is -1.10. The minimum atomic E-state index is -0.429. The zero-order valence-corrected chi connectivity index (χ0v) is 6.79. The molecule has 5 nitrogen and oxygen atoms in total. The van der Waals surface area contributed by atoms with Gasteiger partial charge in [0.2, 0.25) is 5.89 Å². The lowest BCUT2D eigenvalue weighted by molar-refractivity contribution is 0.409. The number of nitrogens with zero attached hydrogens (tertiary/aromatic N) is 2. The van der Waals surface area contributed by atoms with Gasteiger partial charge >= 0.3 is 5.76 Å². The molecule has 0 unspecified atom stereocenters. The molecular formula is C6H11N3O2. The van der Waals surface area contributed by atoms with Crippen molar-refractivity contribution in [3.05, 3.63) is 16.4 Å². The lowest BCUT2D eigenvalue weighted by Gasteiger charge is -2.01. The molecular weight excluding hydrogens is 146 g/mol. The summed E-state index contributed by atoms with van der Waals surface area (Å²) in [5.41, 5.74) is 0. The van der Waals surface area contributed by atoms with Crippen molar-refractivity contribution < 1.29 is 4.42 Å². The molecule has 0 saturated heterocycles. The molecule has 1 atom stereocenters. The molecule has 0 bridgehead atoms. The fraction of sp³-hybridized carbons (Fsp3) is 0.667. The van der Waals surface area contributed by atoms with E-state index in [1.54, 1.807) is 14.1 Å². The SMILES string of the molecule is CN[C@H](C)c1nn(C)c(=O)o1. The highest BCUT2D eigenvalue weighted by Crippen LogP contribution is 2.03. The maximum Gasteiger partial charge on any atom is 0.436 e. The standard InChI is InChI=1S/C6H11N3O2/c1-4(7-2)5-8-9(3)6(10)11-5/h4,7H,1-3H3/t4-/m1/s1. The number of aryl methyl sites for hydroxylation is 1. The lowest BCUT2D eigenvalue weighted by Crippen LogP contribution is -2.13. The summed E-state index contributed by atoms with van der Waals surface area (Å²) in [6, 6.07) is -0.0242. The van der Waals surface area contributed by atoms with Crippen molar-refractivity contribution in [2.45, 2.75) is 13.0 Å². The Morgan fingerprint density at radius 2 is 2.36 bits per heavy atom. The second-order valence-electron chi connectivity index (χ2n) is 2.34. The van der Waals surface area contributed by atoms with Crippen LogP contribution in [0.3, 0.4) is 0 Å². The number of hydrogen-bond donors (Lipinski definition) is 1. The van der Waals surface area contributed by atoms with Gasteiger partial charge in [0.15, 0.2) is 0 Å². The van der Waals surface area contributed by atoms with E-state index in [1.807, 2.05) is 6.92 Å². The predicted octanol–water partition coefficient (Wildman–Crippen LogP) is -0.346. The van der Waals surface area contributed by atoms with Crippen LogP contribution in [0.5, 0.6) is 0 Å². The number of hydrogen-bond acceptors (Lipinski definition) is 4. The fourth-order valence-electron chi connectivity index (χ4n) is 0.663. The van der Waals surface area contributed by atoms with Crippen LogP contribution in [0.25, 0.3) is 0 Å². The highest BCUT2D eigenvalue weighted by molar-refractivity contribution is 4.82. The molecule has 0 fully saturated rings. The lowest BCUT2D eigenvalue weighted by atomic mass is 10.3. The minimum Gasteiger partial charge on any atom is -0.391 e. The monoisotopic (exact) mass is 157 g/mol. The van der Waals surface area contributed by atoms with Crippen LogP contribution < -0.4 is 11.1 Å². The van der Waals surface area contributed by atoms with Crippen molar-refractivity contribution in [1.82, 2.24) is 15.1 Å². The van der Waals surface area contributed by atoms with Crippen molar-refractivity contribution in [2.24, 2.45) is 7.05 Å². The quantitative estimate of drug-likeness (QED) is 0.637. The van der Waals surface area contributed by atoms with Crippen LogP contribution in [0.4, 0.5) is 0 Å². The average molecular weight is 157 g/mol. The molecule has 0 saturated carbocycles. The summed E-state index contributed by atoms with van der Waals surface area (Å²) in [5.74, 6) is -0.0119. The molecule has 0 amide bonds. The van der Waals surface area contributed by atoms with Crippen molar-refractivity contribution >= 4 is 0 Å². The molecule has 1 N–H and O–H groups in total. The second-order valence-corrected chi connectivity index (χ2v) is 2.34. The maximum atomic E-state index is 10.8. The van der Waals surface area contributed by atoms with Gasteiger partial charge in [0.05, 0.1) is 6.04 Å². The maximum absolute atomic E-state index is 10.8. The molecule has 5 heteroatoms. The van der Waals surface area contributed by atoms with E-state index in [-0.39, 0.29) is 6.04 Å².